The molecule has 0 aliphatic heterocycles. The van der Waals surface area contributed by atoms with E-state index in [0.717, 1.165) is 0 Å². The van der Waals surface area contributed by atoms with Crippen LogP contribution in [0, 0.1) is 10.1 Å². The Labute approximate surface area is 114 Å². The molecule has 0 amide bonds. The van der Waals surface area contributed by atoms with Crippen molar-refractivity contribution in [2.75, 3.05) is 12.0 Å². The fourth-order valence-corrected chi connectivity index (χ4v) is 1.34. The molecule has 0 heterocycles. The maximum atomic E-state index is 11.3. The van der Waals surface area contributed by atoms with Crippen LogP contribution in [0.2, 0.25) is 5.02 Å². The predicted molar refractivity (Wildman–Crippen MR) is 71.5 cm³/mol. The third kappa shape index (κ3) is 4.22. The van der Waals surface area contributed by atoms with Crippen LogP contribution in [-0.2, 0) is 9.53 Å². The third-order valence-corrected chi connectivity index (χ3v) is 2.31. The van der Waals surface area contributed by atoms with Crippen LogP contribution in [0.5, 0.6) is 0 Å². The van der Waals surface area contributed by atoms with Crippen molar-refractivity contribution in [1.82, 2.24) is 0 Å². The van der Waals surface area contributed by atoms with Gasteiger partial charge in [0.1, 0.15) is 11.4 Å². The number of benzene rings is 1. The predicted octanol–water partition coefficient (Wildman–Crippen LogP) is 2.60. The van der Waals surface area contributed by atoms with Crippen LogP contribution in [0.4, 0.5) is 11.4 Å². The zero-order valence-electron chi connectivity index (χ0n) is 10.3. The highest BCUT2D eigenvalue weighted by molar-refractivity contribution is 6.35. The molecule has 7 nitrogen and oxygen atoms in total. The molecule has 0 unspecified atom stereocenters. The highest BCUT2D eigenvalue weighted by atomic mass is 35.5. The molecule has 0 spiro atoms. The van der Waals surface area contributed by atoms with E-state index in [0.29, 0.717) is 0 Å². The second-order valence-electron chi connectivity index (χ2n) is 3.45. The van der Waals surface area contributed by atoms with E-state index in [1.54, 1.807) is 6.92 Å². The Morgan fingerprint density at radius 1 is 1.58 bits per heavy atom. The summed E-state index contributed by atoms with van der Waals surface area (Å²) in [5.41, 5.74) is 2.42. The Morgan fingerprint density at radius 3 is 2.84 bits per heavy atom. The number of carbonyl (C=O) groups excluding carboxylic acids is 1. The molecule has 102 valence electrons. The van der Waals surface area contributed by atoms with Gasteiger partial charge in [0.15, 0.2) is 0 Å². The second kappa shape index (κ2) is 6.69. The molecule has 0 aliphatic carbocycles. The molecule has 0 atom stereocenters. The number of halogens is 1. The van der Waals surface area contributed by atoms with E-state index in [1.807, 2.05) is 0 Å². The standard InChI is InChI=1S/C11H12ClN3O4/c1-3-19-11(16)7(2)13-14-9-5-4-8(12)6-10(9)15(17)18/h4-6,14H,3H2,1-2H3/b13-7+. The Kier molecular flexibility index (Phi) is 5.25. The molecule has 8 heteroatoms. The van der Waals surface area contributed by atoms with Gasteiger partial charge in [-0.05, 0) is 26.0 Å². The first-order valence-corrected chi connectivity index (χ1v) is 5.74. The van der Waals surface area contributed by atoms with Gasteiger partial charge in [0.2, 0.25) is 0 Å². The number of hydrogen-bond donors (Lipinski definition) is 1. The summed E-state index contributed by atoms with van der Waals surface area (Å²) in [6.07, 6.45) is 0. The molecular formula is C11H12ClN3O4. The molecular weight excluding hydrogens is 274 g/mol. The molecule has 0 aromatic heterocycles. The Balaban J connectivity index is 2.91. The molecule has 0 saturated heterocycles. The molecule has 0 radical (unpaired) electrons. The second-order valence-corrected chi connectivity index (χ2v) is 3.88. The highest BCUT2D eigenvalue weighted by Gasteiger charge is 2.14. The van der Waals surface area contributed by atoms with Crippen LogP contribution < -0.4 is 5.43 Å². The molecule has 1 rings (SSSR count). The lowest BCUT2D eigenvalue weighted by Gasteiger charge is -2.04. The zero-order chi connectivity index (χ0) is 14.4. The lowest BCUT2D eigenvalue weighted by molar-refractivity contribution is -0.383. The van der Waals surface area contributed by atoms with Crippen LogP contribution in [0.1, 0.15) is 13.8 Å². The van der Waals surface area contributed by atoms with Gasteiger partial charge in [-0.15, -0.1) is 0 Å². The Morgan fingerprint density at radius 2 is 2.26 bits per heavy atom. The van der Waals surface area contributed by atoms with Gasteiger partial charge in [0.05, 0.1) is 11.5 Å². The number of hydrogen-bond acceptors (Lipinski definition) is 6. The fourth-order valence-electron chi connectivity index (χ4n) is 1.18. The lowest BCUT2D eigenvalue weighted by atomic mass is 10.3. The largest absolute Gasteiger partial charge is 0.461 e. The number of nitrogens with one attached hydrogen (secondary N) is 1. The summed E-state index contributed by atoms with van der Waals surface area (Å²) < 4.78 is 4.72. The van der Waals surface area contributed by atoms with E-state index >= 15 is 0 Å². The number of nitro benzene ring substituents is 1. The molecule has 0 bridgehead atoms. The van der Waals surface area contributed by atoms with Gasteiger partial charge in [-0.3, -0.25) is 15.5 Å². The maximum absolute atomic E-state index is 11.3. The number of nitro groups is 1. The van der Waals surface area contributed by atoms with Crippen molar-refractivity contribution >= 4 is 34.7 Å². The SMILES string of the molecule is CCOC(=O)/C(C)=N/Nc1ccc(Cl)cc1[N+](=O)[O-]. The smallest absolute Gasteiger partial charge is 0.354 e. The number of carbonyl (C=O) groups is 1. The number of nitrogens with zero attached hydrogens (tertiary/aromatic N) is 2. The summed E-state index contributed by atoms with van der Waals surface area (Å²) in [7, 11) is 0. The molecule has 0 saturated carbocycles. The molecule has 19 heavy (non-hydrogen) atoms. The van der Waals surface area contributed by atoms with Gasteiger partial charge in [-0.2, -0.15) is 5.10 Å². The first kappa shape index (κ1) is 14.9. The number of hydrazone groups is 1. The quantitative estimate of drug-likeness (QED) is 0.388. The van der Waals surface area contributed by atoms with Crippen molar-refractivity contribution in [2.45, 2.75) is 13.8 Å². The minimum atomic E-state index is -0.594. The van der Waals surface area contributed by atoms with Gasteiger partial charge in [0, 0.05) is 11.1 Å². The molecule has 1 aromatic rings. The number of rotatable bonds is 5. The van der Waals surface area contributed by atoms with Crippen LogP contribution in [-0.4, -0.2) is 23.2 Å². The average molecular weight is 286 g/mol. The summed E-state index contributed by atoms with van der Waals surface area (Å²) in [4.78, 5) is 21.5. The van der Waals surface area contributed by atoms with Crippen LogP contribution in [0.3, 0.4) is 0 Å². The Hall–Kier alpha value is -2.15. The van der Waals surface area contributed by atoms with Gasteiger partial charge < -0.3 is 4.74 Å². The van der Waals surface area contributed by atoms with E-state index < -0.39 is 10.9 Å². The van der Waals surface area contributed by atoms with E-state index in [-0.39, 0.29) is 28.7 Å². The molecule has 1 aromatic carbocycles. The van der Waals surface area contributed by atoms with E-state index in [4.69, 9.17) is 16.3 Å². The topological polar surface area (TPSA) is 93.8 Å². The molecule has 0 fully saturated rings. The van der Waals surface area contributed by atoms with Crippen molar-refractivity contribution in [3.8, 4) is 0 Å². The van der Waals surface area contributed by atoms with Crippen molar-refractivity contribution in [3.05, 3.63) is 33.3 Å². The fraction of sp³-hybridized carbons (Fsp3) is 0.273. The first-order chi connectivity index (χ1) is 8.95. The number of anilines is 1. The van der Waals surface area contributed by atoms with Crippen molar-refractivity contribution in [3.63, 3.8) is 0 Å². The first-order valence-electron chi connectivity index (χ1n) is 5.37. The van der Waals surface area contributed by atoms with Crippen molar-refractivity contribution in [2.24, 2.45) is 5.10 Å². The molecule has 1 N–H and O–H groups in total. The average Bonchev–Trinajstić information content (AvgIpc) is 2.36. The van der Waals surface area contributed by atoms with Crippen molar-refractivity contribution in [1.29, 1.82) is 0 Å². The number of ether oxygens (including phenoxy) is 1. The zero-order valence-corrected chi connectivity index (χ0v) is 11.1. The lowest BCUT2D eigenvalue weighted by Crippen LogP contribution is -2.15. The van der Waals surface area contributed by atoms with E-state index in [1.165, 1.54) is 25.1 Å². The maximum Gasteiger partial charge on any atom is 0.354 e. The highest BCUT2D eigenvalue weighted by Crippen LogP contribution is 2.27. The van der Waals surface area contributed by atoms with Crippen molar-refractivity contribution < 1.29 is 14.5 Å². The van der Waals surface area contributed by atoms with Crippen LogP contribution in [0.25, 0.3) is 0 Å². The van der Waals surface area contributed by atoms with Gasteiger partial charge >= 0.3 is 5.97 Å². The summed E-state index contributed by atoms with van der Waals surface area (Å²) >= 11 is 5.67. The van der Waals surface area contributed by atoms with Crippen LogP contribution >= 0.6 is 11.6 Å². The van der Waals surface area contributed by atoms with Gasteiger partial charge in [-0.1, -0.05) is 11.6 Å². The summed E-state index contributed by atoms with van der Waals surface area (Å²) in [6, 6.07) is 4.08. The summed E-state index contributed by atoms with van der Waals surface area (Å²) in [5, 5.41) is 14.8. The van der Waals surface area contributed by atoms with E-state index in [9.17, 15) is 14.9 Å². The minimum Gasteiger partial charge on any atom is -0.461 e. The minimum absolute atomic E-state index is 0.0612. The molecule has 0 aliphatic rings. The third-order valence-electron chi connectivity index (χ3n) is 2.07. The van der Waals surface area contributed by atoms with Crippen LogP contribution in [0.15, 0.2) is 23.3 Å². The summed E-state index contributed by atoms with van der Waals surface area (Å²) in [6.45, 7) is 3.34. The number of esters is 1. The van der Waals surface area contributed by atoms with E-state index in [2.05, 4.69) is 10.5 Å². The monoisotopic (exact) mass is 285 g/mol. The van der Waals surface area contributed by atoms with Gasteiger partial charge in [-0.25, -0.2) is 4.79 Å². The normalized spacial score (nSPS) is 11.0. The Bertz CT molecular complexity index is 531. The van der Waals surface area contributed by atoms with Gasteiger partial charge in [0.25, 0.3) is 5.69 Å². The summed E-state index contributed by atoms with van der Waals surface area (Å²) in [5.74, 6) is -0.591.